The summed E-state index contributed by atoms with van der Waals surface area (Å²) in [6.07, 6.45) is 0. The van der Waals surface area contributed by atoms with Crippen molar-refractivity contribution in [2.45, 2.75) is 6.92 Å². The Morgan fingerprint density at radius 1 is 1.46 bits per heavy atom. The van der Waals surface area contributed by atoms with Crippen molar-refractivity contribution in [1.29, 1.82) is 5.41 Å². The lowest BCUT2D eigenvalue weighted by molar-refractivity contribution is -0.135. The van der Waals surface area contributed by atoms with Crippen molar-refractivity contribution in [2.24, 2.45) is 11.5 Å². The lowest BCUT2D eigenvalue weighted by atomic mass is 10.2. The zero-order valence-corrected chi connectivity index (χ0v) is 7.59. The summed E-state index contributed by atoms with van der Waals surface area (Å²) < 4.78 is 9.19. The molecule has 0 radical (unpaired) electrons. The summed E-state index contributed by atoms with van der Waals surface area (Å²) in [6, 6.07) is 0. The molecule has 0 aromatic carbocycles. The maximum atomic E-state index is 11.0. The number of amidine groups is 1. The largest absolute Gasteiger partial charge is 0.479 e. The smallest absolute Gasteiger partial charge is 0.347 e. The molecule has 5 N–H and O–H groups in total. The lowest BCUT2D eigenvalue weighted by Gasteiger charge is -2.08. The van der Waals surface area contributed by atoms with Gasteiger partial charge in [0.1, 0.15) is 5.84 Å². The van der Waals surface area contributed by atoms with Crippen LogP contribution in [-0.4, -0.2) is 25.5 Å². The van der Waals surface area contributed by atoms with E-state index >= 15 is 0 Å². The van der Waals surface area contributed by atoms with E-state index in [4.69, 9.17) is 21.6 Å². The summed E-state index contributed by atoms with van der Waals surface area (Å²) in [6.45, 7) is 1.99. The van der Waals surface area contributed by atoms with Gasteiger partial charge < -0.3 is 20.9 Å². The van der Waals surface area contributed by atoms with Gasteiger partial charge in [-0.1, -0.05) is 0 Å². The van der Waals surface area contributed by atoms with Gasteiger partial charge in [-0.3, -0.25) is 5.41 Å². The van der Waals surface area contributed by atoms with Crippen molar-refractivity contribution < 1.29 is 14.3 Å². The highest BCUT2D eigenvalue weighted by molar-refractivity contribution is 6.17. The molecule has 0 unspecified atom stereocenters. The number of nitrogens with one attached hydrogen (secondary N) is 1. The third-order valence-corrected chi connectivity index (χ3v) is 1.21. The Morgan fingerprint density at radius 3 is 2.31 bits per heavy atom. The number of hydrogen-bond acceptors (Lipinski definition) is 5. The van der Waals surface area contributed by atoms with Crippen LogP contribution in [0.5, 0.6) is 0 Å². The minimum absolute atomic E-state index is 0.193. The summed E-state index contributed by atoms with van der Waals surface area (Å²) in [4.78, 5) is 11.0. The van der Waals surface area contributed by atoms with E-state index < -0.39 is 11.8 Å². The number of hydrogen-bond donors (Lipinski definition) is 3. The van der Waals surface area contributed by atoms with E-state index in [0.29, 0.717) is 6.61 Å². The maximum Gasteiger partial charge on any atom is 0.347 e. The predicted molar refractivity (Wildman–Crippen MR) is 46.8 cm³/mol. The molecule has 0 amide bonds. The van der Waals surface area contributed by atoms with Gasteiger partial charge in [0.15, 0.2) is 5.57 Å². The number of ether oxygens (including phenoxy) is 2. The van der Waals surface area contributed by atoms with Gasteiger partial charge in [0.25, 0.3) is 0 Å². The first kappa shape index (κ1) is 11.3. The van der Waals surface area contributed by atoms with Crippen molar-refractivity contribution in [3.63, 3.8) is 0 Å². The quantitative estimate of drug-likeness (QED) is 0.177. The van der Waals surface area contributed by atoms with Crippen LogP contribution in [0.2, 0.25) is 0 Å². The van der Waals surface area contributed by atoms with Crippen LogP contribution < -0.4 is 11.5 Å². The molecule has 0 saturated carbocycles. The van der Waals surface area contributed by atoms with Crippen LogP contribution in [0.1, 0.15) is 6.92 Å². The second-order valence-corrected chi connectivity index (χ2v) is 2.08. The van der Waals surface area contributed by atoms with Gasteiger partial charge in [0, 0.05) is 0 Å². The van der Waals surface area contributed by atoms with Gasteiger partial charge in [-0.25, -0.2) is 4.79 Å². The number of methoxy groups -OCH3 is 1. The molecule has 0 aliphatic rings. The molecule has 6 heteroatoms. The molecule has 0 spiro atoms. The number of carbonyl (C=O) groups is 1. The van der Waals surface area contributed by atoms with Crippen LogP contribution in [0.4, 0.5) is 0 Å². The molecular weight excluding hydrogens is 174 g/mol. The maximum absolute atomic E-state index is 11.0. The SMILES string of the molecule is CCO/C(N)=C(/C(=N)N)C(=O)OC. The van der Waals surface area contributed by atoms with Gasteiger partial charge >= 0.3 is 5.97 Å². The molecule has 6 nitrogen and oxygen atoms in total. The molecule has 0 aliphatic carbocycles. The highest BCUT2D eigenvalue weighted by Gasteiger charge is 2.18. The average molecular weight is 187 g/mol. The van der Waals surface area contributed by atoms with Crippen LogP contribution in [0.15, 0.2) is 11.5 Å². The van der Waals surface area contributed by atoms with Crippen LogP contribution in [-0.2, 0) is 14.3 Å². The number of rotatable bonds is 4. The van der Waals surface area contributed by atoms with Crippen molar-refractivity contribution in [2.75, 3.05) is 13.7 Å². The van der Waals surface area contributed by atoms with Crippen molar-refractivity contribution in [3.05, 3.63) is 11.5 Å². The molecule has 0 aliphatic heterocycles. The second-order valence-electron chi connectivity index (χ2n) is 2.08. The monoisotopic (exact) mass is 187 g/mol. The fourth-order valence-corrected chi connectivity index (χ4v) is 0.673. The third kappa shape index (κ3) is 3.02. The predicted octanol–water partition coefficient (Wildman–Crippen LogP) is -0.698. The standard InChI is InChI=1S/C7H13N3O3/c1-3-13-6(10)4(5(8)9)7(11)12-2/h3,10H2,1-2H3,(H3,8,9)/b6-4-. The average Bonchev–Trinajstić information content (AvgIpc) is 2.04. The van der Waals surface area contributed by atoms with Crippen LogP contribution in [0.3, 0.4) is 0 Å². The summed E-state index contributed by atoms with van der Waals surface area (Å²) >= 11 is 0. The molecule has 74 valence electrons. The first-order valence-electron chi connectivity index (χ1n) is 3.59. The van der Waals surface area contributed by atoms with E-state index in [0.717, 1.165) is 0 Å². The molecule has 0 heterocycles. The van der Waals surface area contributed by atoms with Crippen molar-refractivity contribution >= 4 is 11.8 Å². The van der Waals surface area contributed by atoms with Crippen LogP contribution in [0.25, 0.3) is 0 Å². The van der Waals surface area contributed by atoms with E-state index in [1.807, 2.05) is 0 Å². The molecule has 0 bridgehead atoms. The van der Waals surface area contributed by atoms with E-state index in [9.17, 15) is 4.79 Å². The lowest BCUT2D eigenvalue weighted by Crippen LogP contribution is -2.26. The zero-order chi connectivity index (χ0) is 10.4. The number of carbonyl (C=O) groups excluding carboxylic acids is 1. The first-order chi connectivity index (χ1) is 6.04. The van der Waals surface area contributed by atoms with Gasteiger partial charge in [-0.15, -0.1) is 0 Å². The van der Waals surface area contributed by atoms with E-state index in [2.05, 4.69) is 4.74 Å². The molecule has 13 heavy (non-hydrogen) atoms. The Labute approximate surface area is 76.0 Å². The minimum Gasteiger partial charge on any atom is -0.479 e. The molecule has 0 aromatic heterocycles. The van der Waals surface area contributed by atoms with Crippen molar-refractivity contribution in [3.8, 4) is 0 Å². The Hall–Kier alpha value is -1.72. The molecule has 0 saturated heterocycles. The van der Waals surface area contributed by atoms with E-state index in [-0.39, 0.29) is 11.5 Å². The molecule has 0 fully saturated rings. The van der Waals surface area contributed by atoms with Crippen molar-refractivity contribution in [1.82, 2.24) is 0 Å². The molecule has 0 aromatic rings. The first-order valence-corrected chi connectivity index (χ1v) is 3.59. The number of esters is 1. The summed E-state index contributed by atoms with van der Waals surface area (Å²) in [5, 5.41) is 7.05. The Kier molecular flexibility index (Phi) is 4.36. The van der Waals surface area contributed by atoms with Gasteiger partial charge in [-0.05, 0) is 6.92 Å². The molecule has 0 atom stereocenters. The highest BCUT2D eigenvalue weighted by atomic mass is 16.5. The van der Waals surface area contributed by atoms with Gasteiger partial charge in [-0.2, -0.15) is 0 Å². The number of nitrogens with two attached hydrogens (primary N) is 2. The highest BCUT2D eigenvalue weighted by Crippen LogP contribution is 2.02. The fraction of sp³-hybridized carbons (Fsp3) is 0.429. The Bertz CT molecular complexity index is 247. The summed E-state index contributed by atoms with van der Waals surface area (Å²) in [5.74, 6) is -1.45. The van der Waals surface area contributed by atoms with Gasteiger partial charge in [0.2, 0.25) is 5.88 Å². The van der Waals surface area contributed by atoms with E-state index in [1.54, 1.807) is 6.92 Å². The summed E-state index contributed by atoms with van der Waals surface area (Å²) in [7, 11) is 1.17. The minimum atomic E-state index is -0.779. The Balaban J connectivity index is 4.88. The third-order valence-electron chi connectivity index (χ3n) is 1.21. The zero-order valence-electron chi connectivity index (χ0n) is 7.59. The fourth-order valence-electron chi connectivity index (χ4n) is 0.673. The Morgan fingerprint density at radius 2 is 2.00 bits per heavy atom. The van der Waals surface area contributed by atoms with Gasteiger partial charge in [0.05, 0.1) is 13.7 Å². The van der Waals surface area contributed by atoms with Crippen LogP contribution in [0, 0.1) is 5.41 Å². The van der Waals surface area contributed by atoms with E-state index in [1.165, 1.54) is 7.11 Å². The summed E-state index contributed by atoms with van der Waals surface area (Å²) in [5.41, 5.74) is 10.2. The molecule has 0 rings (SSSR count). The molecular formula is C7H13N3O3. The topological polar surface area (TPSA) is 111 Å². The normalized spacial score (nSPS) is 11.5. The second kappa shape index (κ2) is 5.02. The van der Waals surface area contributed by atoms with Crippen LogP contribution >= 0.6 is 0 Å².